The molecule has 0 radical (unpaired) electrons. The van der Waals surface area contributed by atoms with Crippen LogP contribution in [-0.2, 0) is 14.2 Å². The minimum atomic E-state index is -0.523. The Morgan fingerprint density at radius 3 is 2.87 bits per heavy atom. The predicted octanol–water partition coefficient (Wildman–Crippen LogP) is 0.842. The molecular weight excluding hydrogens is 196 g/mol. The number of ether oxygens (including phenoxy) is 3. The van der Waals surface area contributed by atoms with Crippen LogP contribution in [0.1, 0.15) is 20.3 Å². The van der Waals surface area contributed by atoms with E-state index >= 15 is 0 Å². The molecule has 86 valence electrons. The number of hydrogen-bond acceptors (Lipinski definition) is 4. The molecule has 0 spiro atoms. The molecule has 4 nitrogen and oxygen atoms in total. The van der Waals surface area contributed by atoms with E-state index in [1.165, 1.54) is 0 Å². The van der Waals surface area contributed by atoms with E-state index in [4.69, 9.17) is 14.2 Å². The highest BCUT2D eigenvalue weighted by atomic mass is 16.8. The Bertz CT molecular complexity index is 251. The molecular formula is C11H18O4. The minimum Gasteiger partial charge on any atom is -0.390 e. The third-order valence-electron chi connectivity index (χ3n) is 2.75. The van der Waals surface area contributed by atoms with Gasteiger partial charge in [0, 0.05) is 0 Å². The first-order valence-electron chi connectivity index (χ1n) is 5.30. The molecule has 0 amide bonds. The monoisotopic (exact) mass is 214 g/mol. The highest BCUT2D eigenvalue weighted by Gasteiger charge is 2.53. The number of rotatable bonds is 4. The summed E-state index contributed by atoms with van der Waals surface area (Å²) < 4.78 is 16.5. The fourth-order valence-corrected chi connectivity index (χ4v) is 1.93. The lowest BCUT2D eigenvalue weighted by Gasteiger charge is -2.16. The Morgan fingerprint density at radius 1 is 1.60 bits per heavy atom. The Labute approximate surface area is 89.8 Å². The number of aliphatic hydroxyl groups excluding tert-OH is 1. The fourth-order valence-electron chi connectivity index (χ4n) is 1.93. The summed E-state index contributed by atoms with van der Waals surface area (Å²) in [5.74, 6) is -0.523. The summed E-state index contributed by atoms with van der Waals surface area (Å²) in [6, 6.07) is 0. The molecule has 15 heavy (non-hydrogen) atoms. The van der Waals surface area contributed by atoms with Gasteiger partial charge in [0.2, 0.25) is 0 Å². The van der Waals surface area contributed by atoms with Crippen molar-refractivity contribution in [2.75, 3.05) is 6.61 Å². The van der Waals surface area contributed by atoms with Gasteiger partial charge in [0.05, 0.1) is 12.7 Å². The summed E-state index contributed by atoms with van der Waals surface area (Å²) in [7, 11) is 0. The van der Waals surface area contributed by atoms with Crippen molar-refractivity contribution >= 4 is 0 Å². The summed E-state index contributed by atoms with van der Waals surface area (Å²) in [6.07, 6.45) is 1.58. The van der Waals surface area contributed by atoms with Gasteiger partial charge in [-0.2, -0.15) is 0 Å². The molecule has 0 aromatic carbocycles. The van der Waals surface area contributed by atoms with Gasteiger partial charge in [0.1, 0.15) is 18.3 Å². The molecule has 0 bridgehead atoms. The minimum absolute atomic E-state index is 0.0262. The van der Waals surface area contributed by atoms with Crippen LogP contribution in [0.4, 0.5) is 0 Å². The summed E-state index contributed by atoms with van der Waals surface area (Å²) in [4.78, 5) is 0. The molecule has 1 unspecified atom stereocenters. The zero-order valence-corrected chi connectivity index (χ0v) is 9.18. The van der Waals surface area contributed by atoms with Crippen molar-refractivity contribution in [2.45, 2.75) is 50.5 Å². The average Bonchev–Trinajstić information content (AvgIpc) is 2.86. The van der Waals surface area contributed by atoms with Crippen LogP contribution in [0, 0.1) is 0 Å². The van der Waals surface area contributed by atoms with E-state index in [0.717, 1.165) is 0 Å². The molecule has 0 aromatic rings. The Balaban J connectivity index is 1.82. The normalized spacial score (nSPS) is 40.1. The molecule has 0 aliphatic carbocycles. The second kappa shape index (κ2) is 3.87. The molecule has 4 heteroatoms. The Hall–Kier alpha value is -0.420. The van der Waals surface area contributed by atoms with E-state index in [1.807, 2.05) is 13.8 Å². The molecule has 0 aromatic heterocycles. The van der Waals surface area contributed by atoms with Crippen molar-refractivity contribution in [3.8, 4) is 0 Å². The summed E-state index contributed by atoms with van der Waals surface area (Å²) in [5.41, 5.74) is 0. The van der Waals surface area contributed by atoms with E-state index in [0.29, 0.717) is 13.0 Å². The van der Waals surface area contributed by atoms with E-state index in [-0.39, 0.29) is 18.3 Å². The average molecular weight is 214 g/mol. The van der Waals surface area contributed by atoms with Gasteiger partial charge in [-0.15, -0.1) is 6.58 Å². The summed E-state index contributed by atoms with van der Waals surface area (Å²) in [6.45, 7) is 7.88. The maximum absolute atomic E-state index is 9.66. The van der Waals surface area contributed by atoms with Crippen LogP contribution < -0.4 is 0 Å². The van der Waals surface area contributed by atoms with E-state index < -0.39 is 11.9 Å². The van der Waals surface area contributed by atoms with Crippen LogP contribution in [0.3, 0.4) is 0 Å². The molecule has 1 N–H and O–H groups in total. The lowest BCUT2D eigenvalue weighted by Crippen LogP contribution is -2.27. The molecule has 2 fully saturated rings. The van der Waals surface area contributed by atoms with Crippen LogP contribution in [0.5, 0.6) is 0 Å². The number of hydrogen-bond donors (Lipinski definition) is 1. The number of aliphatic hydroxyl groups is 1. The van der Waals surface area contributed by atoms with Gasteiger partial charge in [-0.05, 0) is 20.3 Å². The molecule has 2 rings (SSSR count). The summed E-state index contributed by atoms with van der Waals surface area (Å²) in [5, 5.41) is 9.66. The third kappa shape index (κ3) is 2.39. The first-order valence-corrected chi connectivity index (χ1v) is 5.30. The van der Waals surface area contributed by atoms with Crippen molar-refractivity contribution in [2.24, 2.45) is 0 Å². The van der Waals surface area contributed by atoms with Crippen molar-refractivity contribution < 1.29 is 19.3 Å². The quantitative estimate of drug-likeness (QED) is 0.556. The fraction of sp³-hybridized carbons (Fsp3) is 0.818. The standard InChI is InChI=1S/C11H18O4/c1-4-5-7(12)9-10(14-9)8-6-13-11(2,3)15-8/h4,7-10,12H,1,5-6H2,2-3H3/t7-,8?,9-,10+/m1/s1. The van der Waals surface area contributed by atoms with E-state index in [1.54, 1.807) is 6.08 Å². The first kappa shape index (κ1) is 11.1. The highest BCUT2D eigenvalue weighted by Crippen LogP contribution is 2.36. The van der Waals surface area contributed by atoms with E-state index in [9.17, 15) is 5.11 Å². The SMILES string of the molecule is C=CC[C@@H](O)[C@H]1O[C@H]1C1COC(C)(C)O1. The van der Waals surface area contributed by atoms with Crippen LogP contribution in [0.15, 0.2) is 12.7 Å². The van der Waals surface area contributed by atoms with Gasteiger partial charge >= 0.3 is 0 Å². The maximum Gasteiger partial charge on any atom is 0.163 e. The third-order valence-corrected chi connectivity index (χ3v) is 2.75. The van der Waals surface area contributed by atoms with Gasteiger partial charge in [0.25, 0.3) is 0 Å². The van der Waals surface area contributed by atoms with E-state index in [2.05, 4.69) is 6.58 Å². The van der Waals surface area contributed by atoms with Crippen molar-refractivity contribution in [1.29, 1.82) is 0 Å². The van der Waals surface area contributed by atoms with Gasteiger partial charge < -0.3 is 19.3 Å². The maximum atomic E-state index is 9.66. The largest absolute Gasteiger partial charge is 0.390 e. The molecule has 4 atom stereocenters. The summed E-state index contributed by atoms with van der Waals surface area (Å²) >= 11 is 0. The number of epoxide rings is 1. The second-order valence-electron chi connectivity index (χ2n) is 4.52. The zero-order chi connectivity index (χ0) is 11.1. The topological polar surface area (TPSA) is 51.2 Å². The van der Waals surface area contributed by atoms with Crippen LogP contribution >= 0.6 is 0 Å². The lowest BCUT2D eigenvalue weighted by molar-refractivity contribution is -0.140. The van der Waals surface area contributed by atoms with Gasteiger partial charge in [0.15, 0.2) is 5.79 Å². The van der Waals surface area contributed by atoms with Crippen LogP contribution in [-0.4, -0.2) is 41.9 Å². The lowest BCUT2D eigenvalue weighted by atomic mass is 10.1. The van der Waals surface area contributed by atoms with Crippen molar-refractivity contribution in [3.05, 3.63) is 12.7 Å². The highest BCUT2D eigenvalue weighted by molar-refractivity contribution is 4.99. The molecule has 2 heterocycles. The molecule has 2 aliphatic heterocycles. The molecule has 0 saturated carbocycles. The van der Waals surface area contributed by atoms with Gasteiger partial charge in [-0.25, -0.2) is 0 Å². The Kier molecular flexibility index (Phi) is 2.85. The second-order valence-corrected chi connectivity index (χ2v) is 4.52. The van der Waals surface area contributed by atoms with Gasteiger partial charge in [-0.3, -0.25) is 0 Å². The molecule has 2 saturated heterocycles. The van der Waals surface area contributed by atoms with Crippen LogP contribution in [0.25, 0.3) is 0 Å². The van der Waals surface area contributed by atoms with Crippen molar-refractivity contribution in [1.82, 2.24) is 0 Å². The van der Waals surface area contributed by atoms with Gasteiger partial charge in [-0.1, -0.05) is 6.08 Å². The predicted molar refractivity (Wildman–Crippen MR) is 54.4 cm³/mol. The Morgan fingerprint density at radius 2 is 2.33 bits per heavy atom. The molecule has 2 aliphatic rings. The van der Waals surface area contributed by atoms with Crippen LogP contribution in [0.2, 0.25) is 0 Å². The first-order chi connectivity index (χ1) is 7.03. The smallest absolute Gasteiger partial charge is 0.163 e. The zero-order valence-electron chi connectivity index (χ0n) is 9.18. The van der Waals surface area contributed by atoms with Crippen molar-refractivity contribution in [3.63, 3.8) is 0 Å².